The molecular weight excluding hydrogens is 202 g/mol. The van der Waals surface area contributed by atoms with Gasteiger partial charge in [-0.05, 0) is 25.2 Å². The lowest BCUT2D eigenvalue weighted by Gasteiger charge is -2.27. The molecule has 1 aliphatic carbocycles. The minimum atomic E-state index is 0.811. The van der Waals surface area contributed by atoms with E-state index in [2.05, 4.69) is 37.8 Å². The molecule has 90 valence electrons. The molecule has 0 aromatic carbocycles. The van der Waals surface area contributed by atoms with E-state index in [1.54, 1.807) is 0 Å². The fourth-order valence-electron chi connectivity index (χ4n) is 2.26. The van der Waals surface area contributed by atoms with Crippen LogP contribution in [-0.4, -0.2) is 23.6 Å². The number of thioether (sulfide) groups is 1. The van der Waals surface area contributed by atoms with Crippen LogP contribution in [-0.2, 0) is 0 Å². The maximum Gasteiger partial charge on any atom is 0.00699 e. The second-order valence-corrected chi connectivity index (χ2v) is 6.56. The van der Waals surface area contributed by atoms with Crippen molar-refractivity contribution in [3.63, 3.8) is 0 Å². The van der Waals surface area contributed by atoms with E-state index >= 15 is 0 Å². The molecule has 3 unspecified atom stereocenters. The molecule has 1 fully saturated rings. The zero-order valence-electron chi connectivity index (χ0n) is 10.6. The van der Waals surface area contributed by atoms with E-state index in [0.29, 0.717) is 0 Å². The van der Waals surface area contributed by atoms with Crippen LogP contribution in [0.25, 0.3) is 0 Å². The Labute approximate surface area is 99.8 Å². The van der Waals surface area contributed by atoms with Crippen LogP contribution in [0.2, 0.25) is 0 Å². The summed E-state index contributed by atoms with van der Waals surface area (Å²) in [6.07, 6.45) is 6.97. The first kappa shape index (κ1) is 13.4. The zero-order valence-corrected chi connectivity index (χ0v) is 11.4. The van der Waals surface area contributed by atoms with Gasteiger partial charge in [-0.3, -0.25) is 0 Å². The fraction of sp³-hybridized carbons (Fsp3) is 1.00. The van der Waals surface area contributed by atoms with Gasteiger partial charge in [-0.2, -0.15) is 11.8 Å². The second kappa shape index (κ2) is 7.56. The highest BCUT2D eigenvalue weighted by Gasteiger charge is 2.17. The number of hydrogen-bond acceptors (Lipinski definition) is 2. The molecule has 3 atom stereocenters. The lowest BCUT2D eigenvalue weighted by atomic mass is 9.87. The van der Waals surface area contributed by atoms with E-state index in [0.717, 1.165) is 17.2 Å². The van der Waals surface area contributed by atoms with E-state index in [1.807, 2.05) is 0 Å². The highest BCUT2D eigenvalue weighted by molar-refractivity contribution is 7.99. The van der Waals surface area contributed by atoms with Crippen LogP contribution in [0.15, 0.2) is 0 Å². The quantitative estimate of drug-likeness (QED) is 0.697. The maximum absolute atomic E-state index is 3.71. The Morgan fingerprint density at radius 1 is 1.40 bits per heavy atom. The smallest absolute Gasteiger partial charge is 0.00699 e. The molecule has 1 aliphatic rings. The van der Waals surface area contributed by atoms with Crippen molar-refractivity contribution in [3.05, 3.63) is 0 Å². The lowest BCUT2D eigenvalue weighted by molar-refractivity contribution is 0.306. The van der Waals surface area contributed by atoms with Gasteiger partial charge in [0.25, 0.3) is 0 Å². The normalized spacial score (nSPS) is 29.0. The number of hydrogen-bond donors (Lipinski definition) is 1. The molecule has 0 saturated heterocycles. The van der Waals surface area contributed by atoms with Crippen LogP contribution >= 0.6 is 11.8 Å². The summed E-state index contributed by atoms with van der Waals surface area (Å²) in [6, 6.07) is 0.811. The molecule has 15 heavy (non-hydrogen) atoms. The molecule has 1 N–H and O–H groups in total. The summed E-state index contributed by atoms with van der Waals surface area (Å²) in [5.41, 5.74) is 0. The van der Waals surface area contributed by atoms with Gasteiger partial charge in [0.05, 0.1) is 0 Å². The Bertz CT molecular complexity index is 161. The molecule has 2 heteroatoms. The van der Waals surface area contributed by atoms with Crippen molar-refractivity contribution in [1.29, 1.82) is 0 Å². The van der Waals surface area contributed by atoms with E-state index in [-0.39, 0.29) is 0 Å². The zero-order chi connectivity index (χ0) is 11.1. The Morgan fingerprint density at radius 2 is 2.20 bits per heavy atom. The Kier molecular flexibility index (Phi) is 6.74. The molecule has 0 aromatic heterocycles. The van der Waals surface area contributed by atoms with Crippen molar-refractivity contribution in [2.24, 2.45) is 5.92 Å². The Morgan fingerprint density at radius 3 is 2.87 bits per heavy atom. The van der Waals surface area contributed by atoms with E-state index in [1.165, 1.54) is 44.4 Å². The van der Waals surface area contributed by atoms with Crippen molar-refractivity contribution in [2.75, 3.05) is 12.3 Å². The number of nitrogens with one attached hydrogen (secondary N) is 1. The van der Waals surface area contributed by atoms with Gasteiger partial charge in [0, 0.05) is 23.6 Å². The highest BCUT2D eigenvalue weighted by atomic mass is 32.2. The van der Waals surface area contributed by atoms with Crippen LogP contribution in [0.5, 0.6) is 0 Å². The largest absolute Gasteiger partial charge is 0.313 e. The fourth-order valence-corrected chi connectivity index (χ4v) is 3.13. The lowest BCUT2D eigenvalue weighted by Crippen LogP contribution is -2.35. The van der Waals surface area contributed by atoms with Gasteiger partial charge in [-0.1, -0.05) is 33.6 Å². The van der Waals surface area contributed by atoms with Crippen LogP contribution < -0.4 is 5.32 Å². The molecule has 0 bridgehead atoms. The molecule has 1 saturated carbocycles. The Balaban J connectivity index is 1.99. The summed E-state index contributed by atoms with van der Waals surface area (Å²) in [6.45, 7) is 8.19. The maximum atomic E-state index is 3.71. The van der Waals surface area contributed by atoms with Crippen LogP contribution in [0.4, 0.5) is 0 Å². The molecular formula is C13H27NS. The van der Waals surface area contributed by atoms with E-state index in [4.69, 9.17) is 0 Å². The second-order valence-electron chi connectivity index (χ2n) is 5.01. The first-order valence-corrected chi connectivity index (χ1v) is 7.62. The molecule has 0 aromatic rings. The predicted molar refractivity (Wildman–Crippen MR) is 71.6 cm³/mol. The molecule has 0 heterocycles. The van der Waals surface area contributed by atoms with Crippen molar-refractivity contribution < 1.29 is 0 Å². The van der Waals surface area contributed by atoms with Crippen molar-refractivity contribution in [3.8, 4) is 0 Å². The van der Waals surface area contributed by atoms with Gasteiger partial charge in [-0.25, -0.2) is 0 Å². The van der Waals surface area contributed by atoms with Gasteiger partial charge in [0.2, 0.25) is 0 Å². The SMILES string of the molecule is CCC(C)SCCNC1CCCC(C)C1. The third kappa shape index (κ3) is 5.82. The summed E-state index contributed by atoms with van der Waals surface area (Å²) in [5, 5.41) is 4.54. The predicted octanol–water partition coefficient (Wildman–Crippen LogP) is 3.69. The summed E-state index contributed by atoms with van der Waals surface area (Å²) >= 11 is 2.10. The average molecular weight is 229 g/mol. The van der Waals surface area contributed by atoms with Crippen LogP contribution in [0, 0.1) is 5.92 Å². The molecule has 1 rings (SSSR count). The average Bonchev–Trinajstić information content (AvgIpc) is 2.24. The number of rotatable bonds is 6. The third-order valence-corrected chi connectivity index (χ3v) is 4.79. The first-order chi connectivity index (χ1) is 7.22. The van der Waals surface area contributed by atoms with Crippen molar-refractivity contribution in [1.82, 2.24) is 5.32 Å². The van der Waals surface area contributed by atoms with Gasteiger partial charge in [0.15, 0.2) is 0 Å². The minimum Gasteiger partial charge on any atom is -0.313 e. The van der Waals surface area contributed by atoms with Gasteiger partial charge < -0.3 is 5.32 Å². The van der Waals surface area contributed by atoms with E-state index < -0.39 is 0 Å². The summed E-state index contributed by atoms with van der Waals surface area (Å²) in [4.78, 5) is 0. The molecule has 0 spiro atoms. The van der Waals surface area contributed by atoms with Crippen molar-refractivity contribution >= 4 is 11.8 Å². The topological polar surface area (TPSA) is 12.0 Å². The van der Waals surface area contributed by atoms with Gasteiger partial charge in [0.1, 0.15) is 0 Å². The molecule has 0 aliphatic heterocycles. The monoisotopic (exact) mass is 229 g/mol. The molecule has 1 nitrogen and oxygen atoms in total. The minimum absolute atomic E-state index is 0.811. The van der Waals surface area contributed by atoms with E-state index in [9.17, 15) is 0 Å². The molecule has 0 radical (unpaired) electrons. The standard InChI is InChI=1S/C13H27NS/c1-4-12(3)15-9-8-14-13-7-5-6-11(2)10-13/h11-14H,4-10H2,1-3H3. The summed E-state index contributed by atoms with van der Waals surface area (Å²) in [5.74, 6) is 2.22. The van der Waals surface area contributed by atoms with Gasteiger partial charge in [-0.15, -0.1) is 0 Å². The summed E-state index contributed by atoms with van der Waals surface area (Å²) in [7, 11) is 0. The third-order valence-electron chi connectivity index (χ3n) is 3.45. The van der Waals surface area contributed by atoms with Gasteiger partial charge >= 0.3 is 0 Å². The summed E-state index contributed by atoms with van der Waals surface area (Å²) < 4.78 is 0. The van der Waals surface area contributed by atoms with Crippen molar-refractivity contribution in [2.45, 2.75) is 64.2 Å². The van der Waals surface area contributed by atoms with Crippen LogP contribution in [0.3, 0.4) is 0 Å². The highest BCUT2D eigenvalue weighted by Crippen LogP contribution is 2.23. The van der Waals surface area contributed by atoms with Crippen LogP contribution in [0.1, 0.15) is 52.9 Å². The first-order valence-electron chi connectivity index (χ1n) is 6.57. The molecule has 0 amide bonds. The Hall–Kier alpha value is 0.310.